The van der Waals surface area contributed by atoms with Crippen LogP contribution < -0.4 is 23.7 Å². The molecule has 54 heavy (non-hydrogen) atoms. The normalized spacial score (nSPS) is 18.4. The quantitative estimate of drug-likeness (QED) is 0.174. The fraction of sp³-hybridized carbons (Fsp3) is 0.348. The van der Waals surface area contributed by atoms with Gasteiger partial charge in [-0.15, -0.1) is 0 Å². The summed E-state index contributed by atoms with van der Waals surface area (Å²) in [5.41, 5.74) is 3.22. The predicted molar refractivity (Wildman–Crippen MR) is 206 cm³/mol. The summed E-state index contributed by atoms with van der Waals surface area (Å²) in [7, 11) is 6.46. The Balaban J connectivity index is 1.51. The number of fused-ring (bicyclic) bond motifs is 10. The molecular formula is C46H45F3O5. The molecule has 1 fully saturated rings. The highest BCUT2D eigenvalue weighted by atomic mass is 19.4. The van der Waals surface area contributed by atoms with Crippen molar-refractivity contribution in [3.8, 4) is 39.9 Å². The number of hydrogen-bond acceptors (Lipinski definition) is 5. The second kappa shape index (κ2) is 12.2. The Hall–Kier alpha value is -5.11. The summed E-state index contributed by atoms with van der Waals surface area (Å²) in [4.78, 5) is 0. The van der Waals surface area contributed by atoms with Crippen LogP contribution in [-0.2, 0) is 17.2 Å². The van der Waals surface area contributed by atoms with Gasteiger partial charge in [0.25, 0.3) is 0 Å². The first kappa shape index (κ1) is 35.9. The van der Waals surface area contributed by atoms with E-state index >= 15 is 0 Å². The minimum atomic E-state index is -4.50. The van der Waals surface area contributed by atoms with Gasteiger partial charge >= 0.3 is 6.18 Å². The van der Waals surface area contributed by atoms with Gasteiger partial charge in [-0.3, -0.25) is 0 Å². The van der Waals surface area contributed by atoms with E-state index in [0.29, 0.717) is 47.2 Å². The molecule has 2 aliphatic carbocycles. The lowest BCUT2D eigenvalue weighted by Crippen LogP contribution is -2.44. The third-order valence-electron chi connectivity index (χ3n) is 11.7. The zero-order valence-corrected chi connectivity index (χ0v) is 32.0. The van der Waals surface area contributed by atoms with Crippen LogP contribution in [0.1, 0.15) is 80.3 Å². The standard InChI is InChI=1S/C46H45F3O5/c1-42(2)24-43(3,4)26-44(25-42)36-21-29(46(47,48)49)13-18-32(36)39-34-22-37(52-7)38(53-8)23-35(34)41-33(40(39)44)19-20-45(54-41,27-9-14-30(50-5)15-10-27)28-11-16-31(51-6)17-12-28/h9-23H,24-26H2,1-8H3. The van der Waals surface area contributed by atoms with Crippen molar-refractivity contribution in [1.29, 1.82) is 0 Å². The largest absolute Gasteiger partial charge is 0.497 e. The molecule has 0 saturated heterocycles. The van der Waals surface area contributed by atoms with Gasteiger partial charge < -0.3 is 23.7 Å². The van der Waals surface area contributed by atoms with Crippen molar-refractivity contribution in [1.82, 2.24) is 0 Å². The summed E-state index contributed by atoms with van der Waals surface area (Å²) in [6.45, 7) is 8.97. The van der Waals surface area contributed by atoms with E-state index < -0.39 is 22.8 Å². The minimum absolute atomic E-state index is 0.177. The molecule has 3 aliphatic rings. The maximum absolute atomic E-state index is 14.6. The zero-order chi connectivity index (χ0) is 38.4. The van der Waals surface area contributed by atoms with E-state index in [1.54, 1.807) is 34.5 Å². The van der Waals surface area contributed by atoms with E-state index in [0.717, 1.165) is 50.6 Å². The van der Waals surface area contributed by atoms with Crippen molar-refractivity contribution in [3.05, 3.63) is 118 Å². The van der Waals surface area contributed by atoms with E-state index in [4.69, 9.17) is 23.7 Å². The van der Waals surface area contributed by atoms with Crippen LogP contribution in [0.15, 0.2) is 84.9 Å². The second-order valence-electron chi connectivity index (χ2n) is 16.6. The number of hydrogen-bond donors (Lipinski definition) is 0. The van der Waals surface area contributed by atoms with Crippen LogP contribution >= 0.6 is 0 Å². The smallest absolute Gasteiger partial charge is 0.416 e. The average Bonchev–Trinajstić information content (AvgIpc) is 3.40. The molecule has 8 heteroatoms. The van der Waals surface area contributed by atoms with Gasteiger partial charge in [0.1, 0.15) is 17.2 Å². The lowest BCUT2D eigenvalue weighted by molar-refractivity contribution is -0.137. The molecule has 0 unspecified atom stereocenters. The molecule has 1 saturated carbocycles. The molecule has 5 aromatic rings. The van der Waals surface area contributed by atoms with Crippen LogP contribution in [-0.4, -0.2) is 28.4 Å². The number of methoxy groups -OCH3 is 4. The van der Waals surface area contributed by atoms with Crippen LogP contribution in [0, 0.1) is 10.8 Å². The van der Waals surface area contributed by atoms with Gasteiger partial charge in [0.15, 0.2) is 17.1 Å². The van der Waals surface area contributed by atoms with Crippen LogP contribution in [0.4, 0.5) is 13.2 Å². The SMILES string of the molecule is COc1ccc(C2(c3ccc(OC)cc3)C=Cc3c4c(c5cc(OC)c(OC)cc5c3O2)-c2ccc(C(F)(F)F)cc2C42CC(C)(C)CC(C)(C)C2)cc1. The lowest BCUT2D eigenvalue weighted by Gasteiger charge is -2.52. The molecule has 5 nitrogen and oxygen atoms in total. The highest BCUT2D eigenvalue weighted by Crippen LogP contribution is 2.67. The summed E-state index contributed by atoms with van der Waals surface area (Å²) in [5, 5.41) is 1.60. The van der Waals surface area contributed by atoms with Gasteiger partial charge in [0.05, 0.1) is 34.0 Å². The van der Waals surface area contributed by atoms with Crippen molar-refractivity contribution in [2.45, 2.75) is 64.1 Å². The molecule has 0 aromatic heterocycles. The number of ether oxygens (including phenoxy) is 5. The Morgan fingerprint density at radius 2 is 1.17 bits per heavy atom. The first-order valence-corrected chi connectivity index (χ1v) is 18.2. The van der Waals surface area contributed by atoms with E-state index in [-0.39, 0.29) is 10.8 Å². The number of halogens is 3. The minimum Gasteiger partial charge on any atom is -0.497 e. The summed E-state index contributed by atoms with van der Waals surface area (Å²) in [5.74, 6) is 3.09. The molecule has 8 rings (SSSR count). The maximum atomic E-state index is 14.6. The summed E-state index contributed by atoms with van der Waals surface area (Å²) in [6, 6.07) is 23.9. The van der Waals surface area contributed by atoms with Gasteiger partial charge in [0, 0.05) is 27.5 Å². The molecule has 0 atom stereocenters. The van der Waals surface area contributed by atoms with Crippen molar-refractivity contribution < 1.29 is 36.9 Å². The Morgan fingerprint density at radius 1 is 0.630 bits per heavy atom. The van der Waals surface area contributed by atoms with Crippen LogP contribution in [0.3, 0.4) is 0 Å². The van der Waals surface area contributed by atoms with E-state index in [1.807, 2.05) is 60.7 Å². The van der Waals surface area contributed by atoms with Crippen molar-refractivity contribution in [2.75, 3.05) is 28.4 Å². The molecule has 1 heterocycles. The predicted octanol–water partition coefficient (Wildman–Crippen LogP) is 11.7. The van der Waals surface area contributed by atoms with E-state index in [2.05, 4.69) is 39.8 Å². The first-order chi connectivity index (χ1) is 25.6. The number of alkyl halides is 3. The van der Waals surface area contributed by atoms with E-state index in [9.17, 15) is 13.2 Å². The summed E-state index contributed by atoms with van der Waals surface area (Å²) >= 11 is 0. The molecule has 5 aromatic carbocycles. The second-order valence-corrected chi connectivity index (χ2v) is 16.6. The Kier molecular flexibility index (Phi) is 8.11. The highest BCUT2D eigenvalue weighted by Gasteiger charge is 2.56. The monoisotopic (exact) mass is 734 g/mol. The molecule has 0 bridgehead atoms. The highest BCUT2D eigenvalue weighted by molar-refractivity contribution is 6.09. The number of benzene rings is 5. The van der Waals surface area contributed by atoms with Gasteiger partial charge in [-0.1, -0.05) is 64.1 Å². The van der Waals surface area contributed by atoms with Gasteiger partial charge in [-0.05, 0) is 112 Å². The molecule has 1 spiro atoms. The average molecular weight is 735 g/mol. The van der Waals surface area contributed by atoms with Crippen molar-refractivity contribution in [2.24, 2.45) is 10.8 Å². The Labute approximate surface area is 314 Å². The first-order valence-electron chi connectivity index (χ1n) is 18.2. The molecule has 1 aliphatic heterocycles. The van der Waals surface area contributed by atoms with Crippen molar-refractivity contribution >= 4 is 16.8 Å². The van der Waals surface area contributed by atoms with Gasteiger partial charge in [0.2, 0.25) is 0 Å². The molecule has 280 valence electrons. The molecule has 0 radical (unpaired) electrons. The molecule has 0 amide bonds. The lowest BCUT2D eigenvalue weighted by atomic mass is 9.52. The summed E-state index contributed by atoms with van der Waals surface area (Å²) in [6.07, 6.45) is 2.01. The van der Waals surface area contributed by atoms with E-state index in [1.165, 1.54) is 12.1 Å². The van der Waals surface area contributed by atoms with Gasteiger partial charge in [-0.2, -0.15) is 13.2 Å². The number of rotatable bonds is 6. The fourth-order valence-corrected chi connectivity index (χ4v) is 10.4. The third kappa shape index (κ3) is 5.43. The Bertz CT molecular complexity index is 2250. The zero-order valence-electron chi connectivity index (χ0n) is 32.0. The van der Waals surface area contributed by atoms with Gasteiger partial charge in [-0.25, -0.2) is 0 Å². The fourth-order valence-electron chi connectivity index (χ4n) is 10.4. The molecular weight excluding hydrogens is 689 g/mol. The van der Waals surface area contributed by atoms with Crippen molar-refractivity contribution in [3.63, 3.8) is 0 Å². The van der Waals surface area contributed by atoms with Crippen LogP contribution in [0.2, 0.25) is 0 Å². The Morgan fingerprint density at radius 3 is 1.67 bits per heavy atom. The van der Waals surface area contributed by atoms with Crippen LogP contribution in [0.5, 0.6) is 28.7 Å². The molecule has 0 N–H and O–H groups in total. The maximum Gasteiger partial charge on any atom is 0.416 e. The van der Waals surface area contributed by atoms with Crippen LogP contribution in [0.25, 0.3) is 28.0 Å². The summed E-state index contributed by atoms with van der Waals surface area (Å²) < 4.78 is 74.0. The third-order valence-corrected chi connectivity index (χ3v) is 11.7. The topological polar surface area (TPSA) is 46.2 Å².